The summed E-state index contributed by atoms with van der Waals surface area (Å²) in [5, 5.41) is 0. The van der Waals surface area contributed by atoms with Crippen LogP contribution in [-0.4, -0.2) is 15.9 Å². The molecule has 0 atom stereocenters. The highest BCUT2D eigenvalue weighted by Crippen LogP contribution is 2.47. The molecule has 0 radical (unpaired) electrons. The molecule has 0 aliphatic carbocycles. The first-order valence-corrected chi connectivity index (χ1v) is 6.34. The number of rotatable bonds is 3. The highest BCUT2D eigenvalue weighted by Gasteiger charge is 2.34. The van der Waals surface area contributed by atoms with Crippen molar-refractivity contribution in [3.05, 3.63) is 35.9 Å². The SMILES string of the molecule is O=P(O)(O)CC(Cl)(Cl)c1ccccc1. The molecule has 0 bridgehead atoms. The van der Waals surface area contributed by atoms with E-state index < -0.39 is 18.1 Å². The van der Waals surface area contributed by atoms with Crippen LogP contribution in [-0.2, 0) is 8.90 Å². The first-order valence-electron chi connectivity index (χ1n) is 3.79. The van der Waals surface area contributed by atoms with Gasteiger partial charge in [0.25, 0.3) is 0 Å². The smallest absolute Gasteiger partial charge is 0.324 e. The quantitative estimate of drug-likeness (QED) is 0.644. The fraction of sp³-hybridized carbons (Fsp3) is 0.250. The molecule has 0 saturated heterocycles. The molecule has 0 fully saturated rings. The Bertz CT molecular complexity index is 347. The summed E-state index contributed by atoms with van der Waals surface area (Å²) in [6.45, 7) is 0. The Morgan fingerprint density at radius 2 is 1.71 bits per heavy atom. The number of halogens is 2. The molecule has 78 valence electrons. The number of hydrogen-bond donors (Lipinski definition) is 2. The summed E-state index contributed by atoms with van der Waals surface area (Å²) in [4.78, 5) is 17.5. The third-order valence-electron chi connectivity index (χ3n) is 1.60. The minimum absolute atomic E-state index is 0.478. The van der Waals surface area contributed by atoms with Gasteiger partial charge in [-0.1, -0.05) is 53.5 Å². The second kappa shape index (κ2) is 4.21. The molecular weight excluding hydrogens is 246 g/mol. The Hall–Kier alpha value is -0.0500. The summed E-state index contributed by atoms with van der Waals surface area (Å²) in [6, 6.07) is 8.42. The topological polar surface area (TPSA) is 57.5 Å². The van der Waals surface area contributed by atoms with Gasteiger partial charge >= 0.3 is 7.60 Å². The van der Waals surface area contributed by atoms with Crippen LogP contribution in [0.1, 0.15) is 5.56 Å². The lowest BCUT2D eigenvalue weighted by Gasteiger charge is -2.20. The molecule has 6 heteroatoms. The summed E-state index contributed by atoms with van der Waals surface area (Å²) in [5.41, 5.74) is 0.478. The van der Waals surface area contributed by atoms with Gasteiger partial charge in [-0.25, -0.2) is 0 Å². The maximum absolute atomic E-state index is 10.7. The highest BCUT2D eigenvalue weighted by molar-refractivity contribution is 7.52. The molecule has 0 aliphatic heterocycles. The van der Waals surface area contributed by atoms with Gasteiger partial charge < -0.3 is 9.79 Å². The number of alkyl halides is 2. The molecule has 1 aromatic rings. The number of hydrogen-bond acceptors (Lipinski definition) is 1. The third kappa shape index (κ3) is 3.60. The molecular formula is C8H9Cl2O3P. The first-order chi connectivity index (χ1) is 6.31. The molecule has 0 aliphatic rings. The van der Waals surface area contributed by atoms with Crippen molar-refractivity contribution in [1.29, 1.82) is 0 Å². The van der Waals surface area contributed by atoms with Crippen LogP contribution in [0.4, 0.5) is 0 Å². The van der Waals surface area contributed by atoms with Gasteiger partial charge in [0.15, 0.2) is 4.33 Å². The zero-order chi connectivity index (χ0) is 10.8. The van der Waals surface area contributed by atoms with Crippen LogP contribution in [0, 0.1) is 0 Å². The third-order valence-corrected chi connectivity index (χ3v) is 3.56. The highest BCUT2D eigenvalue weighted by atomic mass is 35.5. The van der Waals surface area contributed by atoms with Gasteiger partial charge in [-0.2, -0.15) is 0 Å². The van der Waals surface area contributed by atoms with E-state index in [0.717, 1.165) is 0 Å². The van der Waals surface area contributed by atoms with Crippen molar-refractivity contribution in [2.45, 2.75) is 4.33 Å². The lowest BCUT2D eigenvalue weighted by atomic mass is 10.2. The Morgan fingerprint density at radius 1 is 1.21 bits per heavy atom. The Balaban J connectivity index is 2.92. The average Bonchev–Trinajstić information content (AvgIpc) is 2.01. The maximum atomic E-state index is 10.7. The minimum atomic E-state index is -4.22. The van der Waals surface area contributed by atoms with E-state index in [9.17, 15) is 4.57 Å². The minimum Gasteiger partial charge on any atom is -0.324 e. The summed E-state index contributed by atoms with van der Waals surface area (Å²) in [5.74, 6) is 0. The molecule has 3 nitrogen and oxygen atoms in total. The Morgan fingerprint density at radius 3 is 2.14 bits per heavy atom. The van der Waals surface area contributed by atoms with Crippen molar-refractivity contribution >= 4 is 30.8 Å². The largest absolute Gasteiger partial charge is 0.328 e. The van der Waals surface area contributed by atoms with Crippen molar-refractivity contribution in [3.63, 3.8) is 0 Å². The predicted octanol–water partition coefficient (Wildman–Crippen LogP) is 2.49. The fourth-order valence-electron chi connectivity index (χ4n) is 1.03. The van der Waals surface area contributed by atoms with Crippen LogP contribution < -0.4 is 0 Å². The fourth-order valence-corrected chi connectivity index (χ4v) is 2.92. The van der Waals surface area contributed by atoms with Crippen LogP contribution in [0.25, 0.3) is 0 Å². The van der Waals surface area contributed by atoms with E-state index in [1.807, 2.05) is 0 Å². The van der Waals surface area contributed by atoms with Gasteiger partial charge in [0.2, 0.25) is 0 Å². The second-order valence-corrected chi connectivity index (χ2v) is 6.02. The van der Waals surface area contributed by atoms with Gasteiger partial charge in [-0.15, -0.1) is 0 Å². The molecule has 14 heavy (non-hydrogen) atoms. The average molecular weight is 255 g/mol. The summed E-state index contributed by atoms with van der Waals surface area (Å²) in [6.07, 6.45) is -0.590. The van der Waals surface area contributed by atoms with Gasteiger partial charge in [0, 0.05) is 0 Å². The van der Waals surface area contributed by atoms with Crippen LogP contribution in [0.2, 0.25) is 0 Å². The van der Waals surface area contributed by atoms with Crippen LogP contribution >= 0.6 is 30.8 Å². The molecule has 1 rings (SSSR count). The number of benzene rings is 1. The Kier molecular flexibility index (Phi) is 3.62. The summed E-state index contributed by atoms with van der Waals surface area (Å²) < 4.78 is 9.20. The van der Waals surface area contributed by atoms with E-state index >= 15 is 0 Å². The van der Waals surface area contributed by atoms with Crippen molar-refractivity contribution in [2.75, 3.05) is 6.16 Å². The molecule has 0 unspecified atom stereocenters. The van der Waals surface area contributed by atoms with E-state index in [-0.39, 0.29) is 0 Å². The molecule has 0 amide bonds. The molecule has 0 heterocycles. The van der Waals surface area contributed by atoms with Crippen molar-refractivity contribution < 1.29 is 14.4 Å². The van der Waals surface area contributed by atoms with Crippen LogP contribution in [0.5, 0.6) is 0 Å². The zero-order valence-electron chi connectivity index (χ0n) is 7.10. The van der Waals surface area contributed by atoms with E-state index in [1.54, 1.807) is 30.3 Å². The monoisotopic (exact) mass is 254 g/mol. The predicted molar refractivity (Wildman–Crippen MR) is 56.7 cm³/mol. The molecule has 1 aromatic carbocycles. The van der Waals surface area contributed by atoms with Crippen molar-refractivity contribution in [3.8, 4) is 0 Å². The summed E-state index contributed by atoms with van der Waals surface area (Å²) in [7, 11) is -4.22. The van der Waals surface area contributed by atoms with Gasteiger partial charge in [0.05, 0.1) is 6.16 Å². The molecule has 0 aromatic heterocycles. The van der Waals surface area contributed by atoms with Gasteiger partial charge in [-0.05, 0) is 5.56 Å². The standard InChI is InChI=1S/C8H9Cl2O3P/c9-8(10,6-14(11,12)13)7-4-2-1-3-5-7/h1-5H,6H2,(H2,11,12,13). The molecule has 0 saturated carbocycles. The zero-order valence-corrected chi connectivity index (χ0v) is 9.51. The van der Waals surface area contributed by atoms with E-state index in [4.69, 9.17) is 33.0 Å². The molecule has 0 spiro atoms. The van der Waals surface area contributed by atoms with Crippen molar-refractivity contribution in [1.82, 2.24) is 0 Å². The van der Waals surface area contributed by atoms with Crippen LogP contribution in [0.3, 0.4) is 0 Å². The van der Waals surface area contributed by atoms with Crippen molar-refractivity contribution in [2.24, 2.45) is 0 Å². The Labute approximate surface area is 91.8 Å². The van der Waals surface area contributed by atoms with Gasteiger partial charge in [0.1, 0.15) is 0 Å². The van der Waals surface area contributed by atoms with E-state index in [0.29, 0.717) is 5.56 Å². The second-order valence-electron chi connectivity index (χ2n) is 2.89. The van der Waals surface area contributed by atoms with Gasteiger partial charge in [-0.3, -0.25) is 4.57 Å². The normalized spacial score (nSPS) is 12.9. The first kappa shape index (κ1) is 12.0. The lowest BCUT2D eigenvalue weighted by molar-refractivity contribution is 0.371. The van der Waals surface area contributed by atoms with E-state index in [2.05, 4.69) is 0 Å². The van der Waals surface area contributed by atoms with E-state index in [1.165, 1.54) is 0 Å². The van der Waals surface area contributed by atoms with Crippen LogP contribution in [0.15, 0.2) is 30.3 Å². The summed E-state index contributed by atoms with van der Waals surface area (Å²) >= 11 is 11.6. The maximum Gasteiger partial charge on any atom is 0.328 e. The lowest BCUT2D eigenvalue weighted by Crippen LogP contribution is -2.15. The molecule has 2 N–H and O–H groups in total.